The molecular formula is C64H116N2O7P+. The number of carbonyl (C=O) groups is 2. The average molecular weight is 1060 g/mol. The third-order valence-corrected chi connectivity index (χ3v) is 14.1. The first-order valence-corrected chi connectivity index (χ1v) is 31.9. The Balaban J connectivity index is 5.35. The SMILES string of the molecule is CC/C=C\C/C=C\C/C=C\C/C=C\C/C=C\CCCCCCCC(=O)OC(/C=C\CCCCCCCCCCCCC)C(COP(=O)(O)OCC[N+](C)(C)C)NC(=O)CCCCC/C=C\CCCCCCCCC. The van der Waals surface area contributed by atoms with Crippen molar-refractivity contribution in [1.29, 1.82) is 0 Å². The van der Waals surface area contributed by atoms with Crippen LogP contribution >= 0.6 is 7.82 Å². The van der Waals surface area contributed by atoms with Crippen LogP contribution < -0.4 is 5.32 Å². The summed E-state index contributed by atoms with van der Waals surface area (Å²) in [6.45, 7) is 6.87. The van der Waals surface area contributed by atoms with Crippen molar-refractivity contribution >= 4 is 19.7 Å². The van der Waals surface area contributed by atoms with E-state index >= 15 is 0 Å². The number of ether oxygens (including phenoxy) is 1. The highest BCUT2D eigenvalue weighted by Crippen LogP contribution is 2.43. The normalized spacial score (nSPS) is 14.3. The molecule has 0 bridgehead atoms. The van der Waals surface area contributed by atoms with E-state index < -0.39 is 20.0 Å². The molecule has 0 heterocycles. The van der Waals surface area contributed by atoms with Gasteiger partial charge in [-0.2, -0.15) is 0 Å². The van der Waals surface area contributed by atoms with Crippen molar-refractivity contribution in [3.8, 4) is 0 Å². The van der Waals surface area contributed by atoms with Crippen LogP contribution in [0, 0.1) is 0 Å². The molecule has 3 atom stereocenters. The van der Waals surface area contributed by atoms with E-state index in [1.165, 1.54) is 103 Å². The lowest BCUT2D eigenvalue weighted by Crippen LogP contribution is -2.47. The fourth-order valence-electron chi connectivity index (χ4n) is 8.37. The van der Waals surface area contributed by atoms with Gasteiger partial charge in [-0.15, -0.1) is 0 Å². The van der Waals surface area contributed by atoms with Crippen LogP contribution in [0.15, 0.2) is 85.1 Å². The van der Waals surface area contributed by atoms with E-state index in [1.807, 2.05) is 33.3 Å². The van der Waals surface area contributed by atoms with Gasteiger partial charge in [0.1, 0.15) is 19.3 Å². The molecule has 3 unspecified atom stereocenters. The van der Waals surface area contributed by atoms with Crippen LogP contribution in [0.4, 0.5) is 0 Å². The Kier molecular flexibility index (Phi) is 51.5. The maximum Gasteiger partial charge on any atom is 0.472 e. The van der Waals surface area contributed by atoms with Crippen molar-refractivity contribution in [1.82, 2.24) is 5.32 Å². The number of esters is 1. The summed E-state index contributed by atoms with van der Waals surface area (Å²) >= 11 is 0. The molecule has 0 aliphatic heterocycles. The van der Waals surface area contributed by atoms with Crippen LogP contribution in [0.5, 0.6) is 0 Å². The molecule has 0 aromatic heterocycles. The Bertz CT molecular complexity index is 1540. The topological polar surface area (TPSA) is 111 Å². The van der Waals surface area contributed by atoms with Gasteiger partial charge >= 0.3 is 13.8 Å². The molecule has 0 saturated heterocycles. The number of quaternary nitrogens is 1. The number of carbonyl (C=O) groups excluding carboxylic acids is 2. The number of nitrogens with one attached hydrogen (secondary N) is 1. The number of rotatable bonds is 54. The van der Waals surface area contributed by atoms with Gasteiger partial charge in [0, 0.05) is 12.8 Å². The second kappa shape index (κ2) is 53.6. The zero-order valence-electron chi connectivity index (χ0n) is 48.8. The van der Waals surface area contributed by atoms with Gasteiger partial charge < -0.3 is 19.4 Å². The molecule has 0 aromatic carbocycles. The third-order valence-electron chi connectivity index (χ3n) is 13.1. The lowest BCUT2D eigenvalue weighted by Gasteiger charge is -2.27. The fraction of sp³-hybridized carbons (Fsp3) is 0.750. The number of allylic oxidation sites excluding steroid dienone is 13. The van der Waals surface area contributed by atoms with E-state index in [-0.39, 0.29) is 31.5 Å². The number of hydrogen-bond acceptors (Lipinski definition) is 6. The predicted octanol–water partition coefficient (Wildman–Crippen LogP) is 18.6. The summed E-state index contributed by atoms with van der Waals surface area (Å²) < 4.78 is 30.6. The molecule has 0 fully saturated rings. The first-order valence-electron chi connectivity index (χ1n) is 30.4. The summed E-state index contributed by atoms with van der Waals surface area (Å²) in [6.07, 6.45) is 70.0. The first kappa shape index (κ1) is 71.2. The van der Waals surface area contributed by atoms with Crippen molar-refractivity contribution in [2.45, 2.75) is 270 Å². The molecule has 2 N–H and O–H groups in total. The second-order valence-corrected chi connectivity index (χ2v) is 22.9. The van der Waals surface area contributed by atoms with E-state index in [2.05, 4.69) is 99.0 Å². The minimum Gasteiger partial charge on any atom is -0.456 e. The van der Waals surface area contributed by atoms with Crippen molar-refractivity contribution in [3.63, 3.8) is 0 Å². The maximum atomic E-state index is 13.5. The Hall–Kier alpha value is -2.81. The standard InChI is InChI=1S/C64H115N2O7P/c1-7-10-13-16-19-22-25-28-30-31-32-33-34-35-36-39-42-45-48-51-54-57-64(68)73-62(55-52-49-46-43-40-37-27-24-21-18-15-12-9-3)61(60-72-74(69,70)71-59-58-66(4,5)6)65-63(67)56-53-50-47-44-41-38-29-26-23-20-17-14-11-8-2/h10,13,19,22,28,30,32-33,35-36,38,41,52,55,61-62H,7-9,11-12,14-18,20-21,23-27,29,31,34,37,39-40,42-51,53-54,56-60H2,1-6H3,(H-,65,67,69,70)/p+1/b13-10-,22-19-,30-28-,33-32-,36-35-,41-38-,55-52-. The minimum atomic E-state index is -4.46. The lowest BCUT2D eigenvalue weighted by atomic mass is 10.0. The molecule has 0 aliphatic carbocycles. The number of likely N-dealkylation sites (N-methyl/N-ethyl adjacent to an activating group) is 1. The summed E-state index contributed by atoms with van der Waals surface area (Å²) in [6, 6.07) is -0.868. The monoisotopic (exact) mass is 1060 g/mol. The number of phosphoric ester groups is 1. The Labute approximate surface area is 456 Å². The summed E-state index contributed by atoms with van der Waals surface area (Å²) in [5.41, 5.74) is 0. The van der Waals surface area contributed by atoms with Gasteiger partial charge in [-0.25, -0.2) is 4.57 Å². The highest BCUT2D eigenvalue weighted by molar-refractivity contribution is 7.47. The molecule has 1 amide bonds. The summed E-state index contributed by atoms with van der Waals surface area (Å²) in [5.74, 6) is -0.546. The second-order valence-electron chi connectivity index (χ2n) is 21.5. The highest BCUT2D eigenvalue weighted by Gasteiger charge is 2.30. The Morgan fingerprint density at radius 1 is 0.486 bits per heavy atom. The molecular weight excluding hydrogens is 940 g/mol. The van der Waals surface area contributed by atoms with Crippen LogP contribution in [0.1, 0.15) is 258 Å². The number of phosphoric acid groups is 1. The molecule has 0 rings (SSSR count). The van der Waals surface area contributed by atoms with Crippen LogP contribution in [0.2, 0.25) is 0 Å². The van der Waals surface area contributed by atoms with Crippen molar-refractivity contribution in [3.05, 3.63) is 85.1 Å². The van der Waals surface area contributed by atoms with Gasteiger partial charge in [-0.1, -0.05) is 228 Å². The van der Waals surface area contributed by atoms with Gasteiger partial charge in [0.25, 0.3) is 0 Å². The molecule has 10 heteroatoms. The Morgan fingerprint density at radius 3 is 1.32 bits per heavy atom. The van der Waals surface area contributed by atoms with E-state index in [0.717, 1.165) is 116 Å². The summed E-state index contributed by atoms with van der Waals surface area (Å²) in [5, 5.41) is 3.04. The molecule has 9 nitrogen and oxygen atoms in total. The molecule has 0 aliphatic rings. The summed E-state index contributed by atoms with van der Waals surface area (Å²) in [4.78, 5) is 37.7. The van der Waals surface area contributed by atoms with Crippen LogP contribution in [-0.4, -0.2) is 74.3 Å². The van der Waals surface area contributed by atoms with Crippen molar-refractivity contribution < 1.29 is 37.3 Å². The Morgan fingerprint density at radius 2 is 0.865 bits per heavy atom. The van der Waals surface area contributed by atoms with E-state index in [0.29, 0.717) is 23.9 Å². The molecule has 0 spiro atoms. The molecule has 0 saturated carbocycles. The zero-order chi connectivity index (χ0) is 54.3. The maximum absolute atomic E-state index is 13.5. The molecule has 428 valence electrons. The largest absolute Gasteiger partial charge is 0.472 e. The quantitative estimate of drug-likeness (QED) is 0.0205. The van der Waals surface area contributed by atoms with E-state index in [1.54, 1.807) is 0 Å². The molecule has 0 aromatic rings. The van der Waals surface area contributed by atoms with Crippen LogP contribution in [0.3, 0.4) is 0 Å². The minimum absolute atomic E-state index is 0.0310. The average Bonchev–Trinajstić information content (AvgIpc) is 3.36. The number of nitrogens with zero attached hydrogens (tertiary/aromatic N) is 1. The third kappa shape index (κ3) is 54.0. The highest BCUT2D eigenvalue weighted by atomic mass is 31.2. The lowest BCUT2D eigenvalue weighted by molar-refractivity contribution is -0.870. The van der Waals surface area contributed by atoms with Gasteiger partial charge in [-0.3, -0.25) is 18.6 Å². The molecule has 0 radical (unpaired) electrons. The summed E-state index contributed by atoms with van der Waals surface area (Å²) in [7, 11) is 1.47. The van der Waals surface area contributed by atoms with Crippen molar-refractivity contribution in [2.24, 2.45) is 0 Å². The van der Waals surface area contributed by atoms with Crippen LogP contribution in [0.25, 0.3) is 0 Å². The predicted molar refractivity (Wildman–Crippen MR) is 318 cm³/mol. The van der Waals surface area contributed by atoms with Gasteiger partial charge in [0.05, 0.1) is 33.8 Å². The number of unbranched alkanes of at least 4 members (excludes halogenated alkanes) is 26. The number of hydrogen-bond donors (Lipinski definition) is 2. The van der Waals surface area contributed by atoms with Crippen molar-refractivity contribution in [2.75, 3.05) is 40.9 Å². The molecule has 74 heavy (non-hydrogen) atoms. The van der Waals surface area contributed by atoms with Gasteiger partial charge in [0.15, 0.2) is 0 Å². The fourth-order valence-corrected chi connectivity index (χ4v) is 9.11. The van der Waals surface area contributed by atoms with E-state index in [4.69, 9.17) is 13.8 Å². The van der Waals surface area contributed by atoms with Crippen LogP contribution in [-0.2, 0) is 27.9 Å². The van der Waals surface area contributed by atoms with E-state index in [9.17, 15) is 19.0 Å². The number of amides is 1. The van der Waals surface area contributed by atoms with Gasteiger partial charge in [0.2, 0.25) is 5.91 Å². The van der Waals surface area contributed by atoms with Gasteiger partial charge in [-0.05, 0) is 102 Å². The smallest absolute Gasteiger partial charge is 0.456 e. The zero-order valence-corrected chi connectivity index (χ0v) is 49.7. The first-order chi connectivity index (χ1) is 35.9.